The van der Waals surface area contributed by atoms with Crippen molar-refractivity contribution in [3.8, 4) is 0 Å². The van der Waals surface area contributed by atoms with Crippen LogP contribution in [-0.2, 0) is 0 Å². The predicted octanol–water partition coefficient (Wildman–Crippen LogP) is 18.2. The standard InChI is InChI=1S/C70H50N4O2/c1-7-21-49-51-30-19-34-60(69(51)75-67(49)41(2)3)73(46-25-12-9-13-26-46)59-39-37-48-55(44(6)71-56-32-16-14-27-53(56)64(59)66(48)71)40-62-43(5)47-36-38-58(63-54-28-15-17-33-57(54)74(62)65(47)63)72(45-23-10-8-11-24-45)61-35-20-31-52-50-29-18-22-42(4)68(50)76-70(52)61/h7-40H,2,5H2,1,3-4,6H3/b21-7-,62-40+. The van der Waals surface area contributed by atoms with Crippen LogP contribution in [0.2, 0.25) is 0 Å². The van der Waals surface area contributed by atoms with Crippen molar-refractivity contribution in [2.75, 3.05) is 9.80 Å². The molecule has 0 amide bonds. The Kier molecular flexibility index (Phi) is 9.42. The summed E-state index contributed by atoms with van der Waals surface area (Å²) in [6.45, 7) is 17.7. The van der Waals surface area contributed by atoms with E-state index in [0.717, 1.165) is 139 Å². The number of hydrogen-bond acceptors (Lipinski definition) is 4. The van der Waals surface area contributed by atoms with Crippen molar-refractivity contribution < 1.29 is 8.83 Å². The molecule has 0 saturated carbocycles. The number of aromatic nitrogens is 2. The lowest BCUT2D eigenvalue weighted by Gasteiger charge is -2.26. The lowest BCUT2D eigenvalue weighted by Crippen LogP contribution is -2.24. The fourth-order valence-corrected chi connectivity index (χ4v) is 12.7. The third kappa shape index (κ3) is 5.98. The fourth-order valence-electron chi connectivity index (χ4n) is 12.7. The van der Waals surface area contributed by atoms with Crippen LogP contribution in [0.15, 0.2) is 210 Å². The highest BCUT2D eigenvalue weighted by Gasteiger charge is 2.29. The first-order chi connectivity index (χ1) is 37.3. The van der Waals surface area contributed by atoms with Crippen molar-refractivity contribution in [1.29, 1.82) is 0 Å². The maximum absolute atomic E-state index is 6.88. The molecule has 6 aromatic heterocycles. The smallest absolute Gasteiger partial charge is 0.159 e. The molecule has 6 nitrogen and oxygen atoms in total. The summed E-state index contributed by atoms with van der Waals surface area (Å²) in [6, 6.07) is 67.5. The van der Waals surface area contributed by atoms with E-state index in [1.165, 1.54) is 27.1 Å². The minimum atomic E-state index is 0.796. The first-order valence-electron chi connectivity index (χ1n) is 26.0. The quantitative estimate of drug-likeness (QED) is 0.145. The van der Waals surface area contributed by atoms with E-state index >= 15 is 0 Å². The number of furan rings is 2. The molecule has 0 spiro atoms. The molecule has 0 radical (unpaired) electrons. The molecule has 0 aliphatic heterocycles. The van der Waals surface area contributed by atoms with Crippen LogP contribution in [0.1, 0.15) is 42.0 Å². The molecule has 6 heterocycles. The number of hydrogen-bond donors (Lipinski definition) is 0. The highest BCUT2D eigenvalue weighted by molar-refractivity contribution is 6.24. The highest BCUT2D eigenvalue weighted by Crippen LogP contribution is 2.50. The van der Waals surface area contributed by atoms with Crippen molar-refractivity contribution in [3.63, 3.8) is 0 Å². The Bertz CT molecular complexity index is 5030. The Morgan fingerprint density at radius 3 is 1.61 bits per heavy atom. The van der Waals surface area contributed by atoms with E-state index in [2.05, 4.69) is 245 Å². The number of benzene rings is 9. The molecule has 76 heavy (non-hydrogen) atoms. The van der Waals surface area contributed by atoms with Gasteiger partial charge in [0.1, 0.15) is 11.3 Å². The van der Waals surface area contributed by atoms with Crippen molar-refractivity contribution in [2.24, 2.45) is 0 Å². The maximum Gasteiger partial charge on any atom is 0.159 e. The number of para-hydroxylation sites is 7. The van der Waals surface area contributed by atoms with Crippen LogP contribution in [0.3, 0.4) is 0 Å². The van der Waals surface area contributed by atoms with E-state index in [4.69, 9.17) is 15.4 Å². The van der Waals surface area contributed by atoms with E-state index < -0.39 is 0 Å². The van der Waals surface area contributed by atoms with E-state index in [-0.39, 0.29) is 0 Å². The van der Waals surface area contributed by atoms with Gasteiger partial charge in [0.15, 0.2) is 11.2 Å². The summed E-state index contributed by atoms with van der Waals surface area (Å²) >= 11 is 0. The summed E-state index contributed by atoms with van der Waals surface area (Å²) < 4.78 is 18.7. The van der Waals surface area contributed by atoms with Crippen LogP contribution in [0.4, 0.5) is 34.1 Å². The fraction of sp³-hybridized carbons (Fsp3) is 0.0571. The molecule has 0 N–H and O–H groups in total. The summed E-state index contributed by atoms with van der Waals surface area (Å²) in [7, 11) is 0. The Morgan fingerprint density at radius 1 is 0.474 bits per heavy atom. The zero-order valence-corrected chi connectivity index (χ0v) is 42.6. The number of allylic oxidation sites excluding steroid dienone is 2. The lowest BCUT2D eigenvalue weighted by molar-refractivity contribution is 0.599. The number of anilines is 6. The summed E-state index contributed by atoms with van der Waals surface area (Å²) in [5.74, 6) is 0.796. The largest absolute Gasteiger partial charge is 0.454 e. The molecule has 362 valence electrons. The van der Waals surface area contributed by atoms with Gasteiger partial charge in [-0.2, -0.15) is 0 Å². The van der Waals surface area contributed by atoms with Gasteiger partial charge in [-0.05, 0) is 106 Å². The van der Waals surface area contributed by atoms with Gasteiger partial charge in [-0.15, -0.1) is 0 Å². The molecule has 0 aliphatic rings. The van der Waals surface area contributed by atoms with Gasteiger partial charge >= 0.3 is 0 Å². The van der Waals surface area contributed by atoms with Gasteiger partial charge in [-0.25, -0.2) is 0 Å². The zero-order chi connectivity index (χ0) is 51.1. The second-order valence-corrected chi connectivity index (χ2v) is 20.3. The first-order valence-corrected chi connectivity index (χ1v) is 26.0. The molecule has 9 aromatic carbocycles. The van der Waals surface area contributed by atoms with Crippen molar-refractivity contribution in [2.45, 2.75) is 27.7 Å². The Morgan fingerprint density at radius 2 is 0.987 bits per heavy atom. The highest BCUT2D eigenvalue weighted by atomic mass is 16.3. The first kappa shape index (κ1) is 43.8. The van der Waals surface area contributed by atoms with Crippen LogP contribution in [0.5, 0.6) is 0 Å². The number of rotatable bonds is 9. The molecule has 0 atom stereocenters. The second kappa shape index (κ2) is 16.4. The topological polar surface area (TPSA) is 41.6 Å². The SMILES string of the molecule is C=C(C)c1oc2c(N(c3ccccc3)c3ccc4c(/C=c5\c(=C)c6ccc(N(c7ccccc7)c7cccc8c7oc7c(C)cccc78)c7c8ccccc8n5c67)c(C)n5c6ccccc6c3c45)cccc2c1/C=C\C. The van der Waals surface area contributed by atoms with Gasteiger partial charge < -0.3 is 27.4 Å². The average molecular weight is 979 g/mol. The Balaban J connectivity index is 0.993. The third-order valence-electron chi connectivity index (χ3n) is 15.9. The molecule has 0 aliphatic carbocycles. The van der Waals surface area contributed by atoms with Gasteiger partial charge in [-0.3, -0.25) is 0 Å². The predicted molar refractivity (Wildman–Crippen MR) is 321 cm³/mol. The minimum absolute atomic E-state index is 0.796. The van der Waals surface area contributed by atoms with Crippen LogP contribution in [-0.4, -0.2) is 8.80 Å². The van der Waals surface area contributed by atoms with E-state index in [9.17, 15) is 0 Å². The maximum atomic E-state index is 6.88. The molecule has 0 fully saturated rings. The van der Waals surface area contributed by atoms with Gasteiger partial charge in [0.25, 0.3) is 0 Å². The van der Waals surface area contributed by atoms with Gasteiger partial charge in [-0.1, -0.05) is 153 Å². The summed E-state index contributed by atoms with van der Waals surface area (Å²) in [5.41, 5.74) is 18.7. The summed E-state index contributed by atoms with van der Waals surface area (Å²) in [4.78, 5) is 4.76. The molecule has 15 aromatic rings. The van der Waals surface area contributed by atoms with Crippen LogP contribution < -0.4 is 20.4 Å². The number of nitrogens with zero attached hydrogens (tertiary/aromatic N) is 4. The molecule has 0 bridgehead atoms. The monoisotopic (exact) mass is 978 g/mol. The van der Waals surface area contributed by atoms with Gasteiger partial charge in [0.05, 0.1) is 50.2 Å². The summed E-state index contributed by atoms with van der Waals surface area (Å²) in [6.07, 6.45) is 6.59. The normalized spacial score (nSPS) is 12.6. The zero-order valence-electron chi connectivity index (χ0n) is 42.6. The number of aryl methyl sites for hydroxylation is 2. The van der Waals surface area contributed by atoms with Gasteiger partial charge in [0, 0.05) is 81.9 Å². The number of fused-ring (bicyclic) bond motifs is 10. The van der Waals surface area contributed by atoms with E-state index in [0.29, 0.717) is 0 Å². The van der Waals surface area contributed by atoms with Crippen LogP contribution >= 0.6 is 0 Å². The molecule has 0 unspecified atom stereocenters. The Labute approximate surface area is 438 Å². The van der Waals surface area contributed by atoms with Crippen molar-refractivity contribution in [3.05, 3.63) is 239 Å². The molecule has 6 heteroatoms. The summed E-state index contributed by atoms with van der Waals surface area (Å²) in [5, 5.41) is 12.3. The third-order valence-corrected chi connectivity index (χ3v) is 15.9. The van der Waals surface area contributed by atoms with E-state index in [1.807, 2.05) is 13.8 Å². The van der Waals surface area contributed by atoms with E-state index in [1.54, 1.807) is 0 Å². The van der Waals surface area contributed by atoms with Crippen LogP contribution in [0.25, 0.3) is 112 Å². The van der Waals surface area contributed by atoms with Crippen molar-refractivity contribution >= 4 is 146 Å². The lowest BCUT2D eigenvalue weighted by atomic mass is 10.0. The Hall–Kier alpha value is -9.78. The average Bonchev–Trinajstić information content (AvgIpc) is 4.49. The van der Waals surface area contributed by atoms with Crippen molar-refractivity contribution in [1.82, 2.24) is 8.80 Å². The van der Waals surface area contributed by atoms with Gasteiger partial charge in [0.2, 0.25) is 0 Å². The minimum Gasteiger partial charge on any atom is -0.454 e. The molecular formula is C70H50N4O2. The molecule has 15 rings (SSSR count). The molecular weight excluding hydrogens is 929 g/mol. The molecule has 0 saturated heterocycles. The van der Waals surface area contributed by atoms with Crippen LogP contribution in [0, 0.1) is 13.8 Å². The second-order valence-electron chi connectivity index (χ2n) is 20.3.